The summed E-state index contributed by atoms with van der Waals surface area (Å²) >= 11 is 1.66. The number of hydrogen-bond donors (Lipinski definition) is 2. The van der Waals surface area contributed by atoms with E-state index in [1.54, 1.807) is 23.9 Å². The lowest BCUT2D eigenvalue weighted by molar-refractivity contribution is -0.131. The molecule has 1 fully saturated rings. The van der Waals surface area contributed by atoms with Crippen molar-refractivity contribution >= 4 is 35.3 Å². The maximum atomic E-state index is 12.8. The van der Waals surface area contributed by atoms with Crippen molar-refractivity contribution in [2.45, 2.75) is 31.5 Å². The first kappa shape index (κ1) is 20.9. The third kappa shape index (κ3) is 4.55. The summed E-state index contributed by atoms with van der Waals surface area (Å²) in [6.45, 7) is 0.0257. The molecular weight excluding hydrogens is 420 g/mol. The van der Waals surface area contributed by atoms with Crippen LogP contribution in [0.2, 0.25) is 0 Å². The molecule has 2 atom stereocenters. The summed E-state index contributed by atoms with van der Waals surface area (Å²) in [6, 6.07) is 7.11. The first-order valence-electron chi connectivity index (χ1n) is 9.79. The van der Waals surface area contributed by atoms with Crippen LogP contribution in [0.25, 0.3) is 5.65 Å². The molecule has 1 aliphatic rings. The van der Waals surface area contributed by atoms with Gasteiger partial charge in [0.05, 0.1) is 25.3 Å². The Balaban J connectivity index is 1.43. The summed E-state index contributed by atoms with van der Waals surface area (Å²) in [7, 11) is 0. The number of nitrogens with one attached hydrogen (secondary N) is 2. The van der Waals surface area contributed by atoms with E-state index in [9.17, 15) is 14.4 Å². The summed E-state index contributed by atoms with van der Waals surface area (Å²) in [5, 5.41) is 13.9. The van der Waals surface area contributed by atoms with Crippen molar-refractivity contribution < 1.29 is 18.8 Å². The number of rotatable bonds is 9. The minimum atomic E-state index is -0.918. The number of carbonyl (C=O) groups is 3. The van der Waals surface area contributed by atoms with Crippen molar-refractivity contribution in [2.24, 2.45) is 0 Å². The molecular formula is C20H22N6O4S. The molecule has 1 aliphatic heterocycles. The fourth-order valence-corrected chi connectivity index (χ4v) is 3.93. The fourth-order valence-electron chi connectivity index (χ4n) is 3.46. The zero-order valence-electron chi connectivity index (χ0n) is 16.9. The Labute approximate surface area is 182 Å². The molecule has 4 amide bonds. The lowest BCUT2D eigenvalue weighted by Crippen LogP contribution is -2.38. The van der Waals surface area contributed by atoms with E-state index in [0.717, 1.165) is 10.7 Å². The summed E-state index contributed by atoms with van der Waals surface area (Å²) in [4.78, 5) is 38.6. The molecule has 0 unspecified atom stereocenters. The highest BCUT2D eigenvalue weighted by atomic mass is 32.2. The molecule has 11 heteroatoms. The van der Waals surface area contributed by atoms with Gasteiger partial charge in [-0.2, -0.15) is 11.8 Å². The average Bonchev–Trinajstić information content (AvgIpc) is 3.48. The Hall–Kier alpha value is -3.34. The lowest BCUT2D eigenvalue weighted by Gasteiger charge is -2.18. The van der Waals surface area contributed by atoms with Gasteiger partial charge in [-0.3, -0.25) is 18.9 Å². The molecule has 4 heterocycles. The number of aromatic nitrogens is 3. The van der Waals surface area contributed by atoms with E-state index in [-0.39, 0.29) is 24.9 Å². The van der Waals surface area contributed by atoms with E-state index in [1.807, 2.05) is 35.1 Å². The quantitative estimate of drug-likeness (QED) is 0.484. The van der Waals surface area contributed by atoms with Crippen LogP contribution in [0.15, 0.2) is 47.2 Å². The summed E-state index contributed by atoms with van der Waals surface area (Å²) in [5.41, 5.74) is 0.688. The second-order valence-electron chi connectivity index (χ2n) is 7.10. The zero-order valence-corrected chi connectivity index (χ0v) is 17.7. The highest BCUT2D eigenvalue weighted by molar-refractivity contribution is 7.98. The summed E-state index contributed by atoms with van der Waals surface area (Å²) < 4.78 is 7.04. The molecule has 3 aromatic rings. The Morgan fingerprint density at radius 1 is 1.29 bits per heavy atom. The Bertz CT molecular complexity index is 1080. The number of imide groups is 1. The molecule has 31 heavy (non-hydrogen) atoms. The van der Waals surface area contributed by atoms with Crippen molar-refractivity contribution in [3.8, 4) is 0 Å². The molecule has 4 rings (SSSR count). The van der Waals surface area contributed by atoms with Crippen LogP contribution < -0.4 is 10.6 Å². The maximum Gasteiger partial charge on any atom is 0.325 e. The van der Waals surface area contributed by atoms with Gasteiger partial charge in [0.2, 0.25) is 5.91 Å². The van der Waals surface area contributed by atoms with Crippen LogP contribution in [0, 0.1) is 0 Å². The van der Waals surface area contributed by atoms with E-state index >= 15 is 0 Å². The third-order valence-corrected chi connectivity index (χ3v) is 5.63. The number of amides is 4. The number of nitrogens with zero attached hydrogens (tertiary/aromatic N) is 4. The van der Waals surface area contributed by atoms with Crippen LogP contribution in [-0.2, 0) is 16.1 Å². The number of hydrogen-bond acceptors (Lipinski definition) is 7. The third-order valence-electron chi connectivity index (χ3n) is 4.99. The molecule has 162 valence electrons. The molecule has 0 spiro atoms. The number of urea groups is 1. The van der Waals surface area contributed by atoms with Gasteiger partial charge in [0.1, 0.15) is 11.8 Å². The summed E-state index contributed by atoms with van der Waals surface area (Å²) in [6.07, 6.45) is 5.79. The van der Waals surface area contributed by atoms with E-state index in [4.69, 9.17) is 4.42 Å². The van der Waals surface area contributed by atoms with Gasteiger partial charge in [0.25, 0.3) is 5.91 Å². The fraction of sp³-hybridized carbons (Fsp3) is 0.350. The van der Waals surface area contributed by atoms with E-state index in [1.165, 1.54) is 6.26 Å². The molecule has 1 saturated heterocycles. The number of pyridine rings is 1. The molecule has 0 bridgehead atoms. The Kier molecular flexibility index (Phi) is 6.21. The smallest absolute Gasteiger partial charge is 0.325 e. The predicted octanol–water partition coefficient (Wildman–Crippen LogP) is 1.74. The first-order chi connectivity index (χ1) is 15.1. The van der Waals surface area contributed by atoms with Crippen molar-refractivity contribution in [3.05, 3.63) is 54.4 Å². The van der Waals surface area contributed by atoms with Gasteiger partial charge in [-0.15, -0.1) is 10.2 Å². The Morgan fingerprint density at radius 2 is 2.16 bits per heavy atom. The number of furan rings is 1. The van der Waals surface area contributed by atoms with Gasteiger partial charge in [0, 0.05) is 6.20 Å². The summed E-state index contributed by atoms with van der Waals surface area (Å²) in [5.74, 6) is 1.12. The minimum Gasteiger partial charge on any atom is -0.467 e. The molecule has 3 aromatic heterocycles. The van der Waals surface area contributed by atoms with Crippen LogP contribution in [0.5, 0.6) is 0 Å². The normalized spacial score (nSPS) is 17.2. The van der Waals surface area contributed by atoms with Gasteiger partial charge in [-0.05, 0) is 42.7 Å². The number of fused-ring (bicyclic) bond motifs is 1. The van der Waals surface area contributed by atoms with Crippen LogP contribution in [0.1, 0.15) is 30.5 Å². The monoisotopic (exact) mass is 442 g/mol. The van der Waals surface area contributed by atoms with Crippen molar-refractivity contribution in [2.75, 3.05) is 12.0 Å². The van der Waals surface area contributed by atoms with Crippen molar-refractivity contribution in [1.29, 1.82) is 0 Å². The minimum absolute atomic E-state index is 0.0257. The second-order valence-corrected chi connectivity index (χ2v) is 8.08. The zero-order chi connectivity index (χ0) is 21.8. The van der Waals surface area contributed by atoms with Gasteiger partial charge >= 0.3 is 6.03 Å². The van der Waals surface area contributed by atoms with Gasteiger partial charge < -0.3 is 15.1 Å². The van der Waals surface area contributed by atoms with Crippen LogP contribution in [0.4, 0.5) is 4.79 Å². The maximum absolute atomic E-state index is 12.8. The highest BCUT2D eigenvalue weighted by Gasteiger charge is 2.39. The molecule has 10 nitrogen and oxygen atoms in total. The molecule has 0 saturated carbocycles. The SMILES string of the molecule is CSCC[C@H](NC(=O)C[C@H]1NC(=O)N(Cc2ccco2)C1=O)c1nnc2ccccn12. The topological polar surface area (TPSA) is 122 Å². The van der Waals surface area contributed by atoms with Crippen molar-refractivity contribution in [3.63, 3.8) is 0 Å². The molecule has 0 aliphatic carbocycles. The standard InChI is InChI=1S/C20H22N6O4S/c1-31-10-7-14(18-24-23-16-6-2-3-8-25(16)18)21-17(27)11-15-19(28)26(20(29)22-15)12-13-5-4-9-30-13/h2-6,8-9,14-15H,7,10-12H2,1H3,(H,21,27)(H,22,29)/t14-,15+/m0/s1. The first-order valence-corrected chi connectivity index (χ1v) is 11.2. The van der Waals surface area contributed by atoms with Crippen LogP contribution in [0.3, 0.4) is 0 Å². The van der Waals surface area contributed by atoms with Crippen LogP contribution in [-0.4, -0.2) is 55.4 Å². The van der Waals surface area contributed by atoms with E-state index < -0.39 is 18.0 Å². The Morgan fingerprint density at radius 3 is 2.94 bits per heavy atom. The van der Waals surface area contributed by atoms with E-state index in [0.29, 0.717) is 23.7 Å². The predicted molar refractivity (Wildman–Crippen MR) is 113 cm³/mol. The highest BCUT2D eigenvalue weighted by Crippen LogP contribution is 2.20. The molecule has 0 aromatic carbocycles. The average molecular weight is 443 g/mol. The van der Waals surface area contributed by atoms with E-state index in [2.05, 4.69) is 20.8 Å². The molecule has 2 N–H and O–H groups in total. The lowest BCUT2D eigenvalue weighted by atomic mass is 10.1. The largest absolute Gasteiger partial charge is 0.467 e. The number of thioether (sulfide) groups is 1. The van der Waals surface area contributed by atoms with Crippen LogP contribution >= 0.6 is 11.8 Å². The van der Waals surface area contributed by atoms with Gasteiger partial charge in [-0.1, -0.05) is 6.07 Å². The van der Waals surface area contributed by atoms with Gasteiger partial charge in [-0.25, -0.2) is 4.79 Å². The second kappa shape index (κ2) is 9.21. The molecule has 0 radical (unpaired) electrons. The van der Waals surface area contributed by atoms with Crippen molar-refractivity contribution in [1.82, 2.24) is 30.1 Å². The number of carbonyl (C=O) groups excluding carboxylic acids is 3. The van der Waals surface area contributed by atoms with Gasteiger partial charge in [0.15, 0.2) is 11.5 Å².